The van der Waals surface area contributed by atoms with Crippen LogP contribution in [0.1, 0.15) is 6.42 Å². The zero-order valence-electron chi connectivity index (χ0n) is 8.67. The molecule has 0 aliphatic carbocycles. The first-order chi connectivity index (χ1) is 7.66. The van der Waals surface area contributed by atoms with Crippen LogP contribution in [0, 0.1) is 5.92 Å². The minimum absolute atomic E-state index is 0.288. The number of nitrogens with one attached hydrogen (secondary N) is 1. The molecule has 0 spiro atoms. The second-order valence-electron chi connectivity index (χ2n) is 3.80. The Morgan fingerprint density at radius 3 is 3.00 bits per heavy atom. The molecule has 3 N–H and O–H groups in total. The number of hydrogen-bond donors (Lipinski definition) is 2. The predicted molar refractivity (Wildman–Crippen MR) is 66.1 cm³/mol. The molecule has 16 heavy (non-hydrogen) atoms. The number of hydrogen-bond acceptors (Lipinski definition) is 4. The Bertz CT molecular complexity index is 381. The van der Waals surface area contributed by atoms with Gasteiger partial charge in [0.05, 0.1) is 16.7 Å². The molecule has 6 heteroatoms. The Kier molecular flexibility index (Phi) is 3.74. The van der Waals surface area contributed by atoms with Crippen molar-refractivity contribution in [3.8, 4) is 0 Å². The highest BCUT2D eigenvalue weighted by atomic mass is 35.5. The van der Waals surface area contributed by atoms with E-state index in [-0.39, 0.29) is 5.82 Å². The first-order valence-electron chi connectivity index (χ1n) is 5.10. The van der Waals surface area contributed by atoms with Crippen molar-refractivity contribution in [1.29, 1.82) is 0 Å². The zero-order valence-corrected chi connectivity index (χ0v) is 10.2. The van der Waals surface area contributed by atoms with Gasteiger partial charge >= 0.3 is 0 Å². The summed E-state index contributed by atoms with van der Waals surface area (Å²) < 4.78 is 5.28. The summed E-state index contributed by atoms with van der Waals surface area (Å²) in [4.78, 5) is 4.10. The minimum Gasteiger partial charge on any atom is -0.382 e. The van der Waals surface area contributed by atoms with E-state index in [4.69, 9.17) is 33.7 Å². The van der Waals surface area contributed by atoms with Gasteiger partial charge in [0, 0.05) is 19.1 Å². The molecule has 0 aromatic carbocycles. The molecule has 1 fully saturated rings. The van der Waals surface area contributed by atoms with Crippen LogP contribution in [0.15, 0.2) is 6.07 Å². The zero-order chi connectivity index (χ0) is 11.5. The van der Waals surface area contributed by atoms with E-state index in [1.165, 1.54) is 0 Å². The van der Waals surface area contributed by atoms with Crippen LogP contribution in [-0.4, -0.2) is 24.7 Å². The Labute approximate surface area is 104 Å². The number of nitrogens with zero attached hydrogens (tertiary/aromatic N) is 1. The third-order valence-corrected chi connectivity index (χ3v) is 3.13. The van der Waals surface area contributed by atoms with Crippen LogP contribution >= 0.6 is 23.2 Å². The van der Waals surface area contributed by atoms with Crippen molar-refractivity contribution in [3.63, 3.8) is 0 Å². The van der Waals surface area contributed by atoms with Crippen LogP contribution in [-0.2, 0) is 4.74 Å². The summed E-state index contributed by atoms with van der Waals surface area (Å²) in [5.74, 6) is 1.38. The maximum atomic E-state index is 5.99. The lowest BCUT2D eigenvalue weighted by atomic mass is 10.1. The summed E-state index contributed by atoms with van der Waals surface area (Å²) >= 11 is 11.8. The molecule has 2 heterocycles. The van der Waals surface area contributed by atoms with Gasteiger partial charge in [0.25, 0.3) is 0 Å². The Morgan fingerprint density at radius 2 is 2.31 bits per heavy atom. The maximum absolute atomic E-state index is 5.99. The fourth-order valence-electron chi connectivity index (χ4n) is 1.59. The molecule has 0 saturated carbocycles. The Balaban J connectivity index is 2.00. The van der Waals surface area contributed by atoms with Crippen LogP contribution < -0.4 is 11.1 Å². The van der Waals surface area contributed by atoms with E-state index in [2.05, 4.69) is 10.3 Å². The molecule has 1 saturated heterocycles. The van der Waals surface area contributed by atoms with Gasteiger partial charge in [-0.25, -0.2) is 4.98 Å². The van der Waals surface area contributed by atoms with Crippen LogP contribution in [0.4, 0.5) is 11.6 Å². The summed E-state index contributed by atoms with van der Waals surface area (Å²) in [5.41, 5.74) is 5.61. The number of ether oxygens (including phenoxy) is 1. The van der Waals surface area contributed by atoms with Gasteiger partial charge in [-0.2, -0.15) is 0 Å². The van der Waals surface area contributed by atoms with E-state index in [9.17, 15) is 0 Å². The fourth-order valence-corrected chi connectivity index (χ4v) is 2.02. The fraction of sp³-hybridized carbons (Fsp3) is 0.500. The van der Waals surface area contributed by atoms with Gasteiger partial charge < -0.3 is 15.8 Å². The highest BCUT2D eigenvalue weighted by Gasteiger charge is 2.16. The molecule has 1 atom stereocenters. The number of anilines is 2. The van der Waals surface area contributed by atoms with E-state index < -0.39 is 0 Å². The molecule has 0 radical (unpaired) electrons. The van der Waals surface area contributed by atoms with Crippen molar-refractivity contribution in [2.24, 2.45) is 5.92 Å². The molecule has 0 amide bonds. The summed E-state index contributed by atoms with van der Waals surface area (Å²) in [5, 5.41) is 4.02. The lowest BCUT2D eigenvalue weighted by Crippen LogP contribution is -2.15. The molecule has 88 valence electrons. The number of aromatic nitrogens is 1. The van der Waals surface area contributed by atoms with Crippen molar-refractivity contribution in [1.82, 2.24) is 4.98 Å². The molecular weight excluding hydrogens is 249 g/mol. The minimum atomic E-state index is 0.288. The predicted octanol–water partition coefficient (Wildman–Crippen LogP) is 2.42. The van der Waals surface area contributed by atoms with E-state index in [1.807, 2.05) is 0 Å². The van der Waals surface area contributed by atoms with Crippen molar-refractivity contribution in [3.05, 3.63) is 16.1 Å². The van der Waals surface area contributed by atoms with Crippen LogP contribution in [0.2, 0.25) is 10.0 Å². The standard InChI is InChI=1S/C10H13Cl2N3O/c11-7-3-8(12)10(15-9(7)13)14-4-6-1-2-16-5-6/h3,6H,1-2,4-5H2,(H3,13,14,15). The van der Waals surface area contributed by atoms with Gasteiger partial charge in [0.15, 0.2) is 0 Å². The van der Waals surface area contributed by atoms with Crippen molar-refractivity contribution in [2.45, 2.75) is 6.42 Å². The number of halogens is 2. The number of nitrogen functional groups attached to an aromatic ring is 1. The number of nitrogens with two attached hydrogens (primary N) is 1. The number of pyridine rings is 1. The highest BCUT2D eigenvalue weighted by molar-refractivity contribution is 6.37. The van der Waals surface area contributed by atoms with Gasteiger partial charge in [-0.1, -0.05) is 23.2 Å². The molecular formula is C10H13Cl2N3O. The summed E-state index contributed by atoms with van der Waals surface area (Å²) in [6.07, 6.45) is 1.06. The Hall–Kier alpha value is -0.710. The molecule has 1 aliphatic rings. The molecule has 0 bridgehead atoms. The Morgan fingerprint density at radius 1 is 1.50 bits per heavy atom. The second-order valence-corrected chi connectivity index (χ2v) is 4.61. The van der Waals surface area contributed by atoms with Gasteiger partial charge in [-0.15, -0.1) is 0 Å². The summed E-state index contributed by atoms with van der Waals surface area (Å²) in [7, 11) is 0. The SMILES string of the molecule is Nc1nc(NCC2CCOC2)c(Cl)cc1Cl. The van der Waals surface area contributed by atoms with Crippen molar-refractivity contribution >= 4 is 34.8 Å². The number of rotatable bonds is 3. The third-order valence-electron chi connectivity index (χ3n) is 2.54. The molecule has 1 aromatic heterocycles. The molecule has 1 aliphatic heterocycles. The first kappa shape index (κ1) is 11.8. The van der Waals surface area contributed by atoms with Gasteiger partial charge in [0.1, 0.15) is 11.6 Å². The van der Waals surface area contributed by atoms with E-state index in [1.54, 1.807) is 6.07 Å². The molecule has 1 unspecified atom stereocenters. The monoisotopic (exact) mass is 261 g/mol. The van der Waals surface area contributed by atoms with E-state index in [0.717, 1.165) is 26.2 Å². The van der Waals surface area contributed by atoms with E-state index in [0.29, 0.717) is 21.8 Å². The largest absolute Gasteiger partial charge is 0.382 e. The molecule has 2 rings (SSSR count). The van der Waals surface area contributed by atoms with Gasteiger partial charge in [-0.05, 0) is 12.5 Å². The topological polar surface area (TPSA) is 60.2 Å². The maximum Gasteiger partial charge on any atom is 0.147 e. The van der Waals surface area contributed by atoms with Gasteiger partial charge in [-0.3, -0.25) is 0 Å². The smallest absolute Gasteiger partial charge is 0.147 e. The van der Waals surface area contributed by atoms with E-state index >= 15 is 0 Å². The molecule has 4 nitrogen and oxygen atoms in total. The average Bonchev–Trinajstić information content (AvgIpc) is 2.74. The van der Waals surface area contributed by atoms with Crippen molar-refractivity contribution in [2.75, 3.05) is 30.8 Å². The second kappa shape index (κ2) is 5.08. The van der Waals surface area contributed by atoms with Crippen LogP contribution in [0.25, 0.3) is 0 Å². The molecule has 1 aromatic rings. The van der Waals surface area contributed by atoms with Gasteiger partial charge in [0.2, 0.25) is 0 Å². The lowest BCUT2D eigenvalue weighted by Gasteiger charge is -2.12. The average molecular weight is 262 g/mol. The summed E-state index contributed by atoms with van der Waals surface area (Å²) in [6.45, 7) is 2.40. The third kappa shape index (κ3) is 2.70. The van der Waals surface area contributed by atoms with Crippen molar-refractivity contribution < 1.29 is 4.74 Å². The summed E-state index contributed by atoms with van der Waals surface area (Å²) in [6, 6.07) is 1.60. The van der Waals surface area contributed by atoms with Crippen LogP contribution in [0.5, 0.6) is 0 Å². The quantitative estimate of drug-likeness (QED) is 0.878. The normalized spacial score (nSPS) is 20.0. The van der Waals surface area contributed by atoms with Crippen LogP contribution in [0.3, 0.4) is 0 Å². The first-order valence-corrected chi connectivity index (χ1v) is 5.85. The highest BCUT2D eigenvalue weighted by Crippen LogP contribution is 2.27. The lowest BCUT2D eigenvalue weighted by molar-refractivity contribution is 0.187.